The van der Waals surface area contributed by atoms with E-state index >= 15 is 0 Å². The van der Waals surface area contributed by atoms with E-state index in [9.17, 15) is 8.42 Å². The molecular weight excluding hydrogens is 422 g/mol. The average molecular weight is 446 g/mol. The molecule has 27 heavy (non-hydrogen) atoms. The van der Waals surface area contributed by atoms with Gasteiger partial charge in [-0.25, -0.2) is 8.42 Å². The van der Waals surface area contributed by atoms with Crippen molar-refractivity contribution in [1.29, 1.82) is 0 Å². The van der Waals surface area contributed by atoms with Gasteiger partial charge in [0, 0.05) is 10.2 Å². The summed E-state index contributed by atoms with van der Waals surface area (Å²) in [6, 6.07) is 14.9. The van der Waals surface area contributed by atoms with Crippen molar-refractivity contribution in [3.05, 3.63) is 58.6 Å². The molecule has 2 aromatic rings. The second-order valence-corrected chi connectivity index (χ2v) is 11.4. The minimum atomic E-state index is -3.56. The highest BCUT2D eigenvalue weighted by Crippen LogP contribution is 2.60. The zero-order valence-electron chi connectivity index (χ0n) is 15.2. The fraction of sp³-hybridized carbons (Fsp3) is 0.455. The fourth-order valence-electron chi connectivity index (χ4n) is 6.18. The largest absolute Gasteiger partial charge is 0.280 e. The van der Waals surface area contributed by atoms with E-state index in [4.69, 9.17) is 0 Å². The lowest BCUT2D eigenvalue weighted by Crippen LogP contribution is -2.48. The van der Waals surface area contributed by atoms with Gasteiger partial charge in [-0.2, -0.15) is 0 Å². The third kappa shape index (κ3) is 3.23. The highest BCUT2D eigenvalue weighted by Gasteiger charge is 2.51. The summed E-state index contributed by atoms with van der Waals surface area (Å²) in [5.41, 5.74) is 2.39. The Bertz CT molecular complexity index is 916. The molecule has 5 heteroatoms. The monoisotopic (exact) mass is 445 g/mol. The molecule has 4 saturated carbocycles. The van der Waals surface area contributed by atoms with Gasteiger partial charge in [0.15, 0.2) is 0 Å². The Kier molecular flexibility index (Phi) is 4.17. The lowest BCUT2D eigenvalue weighted by Gasteiger charge is -2.57. The molecule has 0 spiro atoms. The molecule has 0 radical (unpaired) electrons. The van der Waals surface area contributed by atoms with Crippen molar-refractivity contribution in [2.24, 2.45) is 17.8 Å². The van der Waals surface area contributed by atoms with Crippen LogP contribution in [0.2, 0.25) is 0 Å². The minimum absolute atomic E-state index is 0.274. The summed E-state index contributed by atoms with van der Waals surface area (Å²) in [6.45, 7) is 0. The highest BCUT2D eigenvalue weighted by molar-refractivity contribution is 9.10. The lowest BCUT2D eigenvalue weighted by atomic mass is 9.48. The maximum Gasteiger partial charge on any atom is 0.261 e. The summed E-state index contributed by atoms with van der Waals surface area (Å²) in [5, 5.41) is 0. The van der Waals surface area contributed by atoms with Crippen molar-refractivity contribution in [1.82, 2.24) is 0 Å². The van der Waals surface area contributed by atoms with Gasteiger partial charge in [0.05, 0.1) is 4.90 Å². The molecule has 0 heterocycles. The van der Waals surface area contributed by atoms with Crippen molar-refractivity contribution in [3.8, 4) is 0 Å². The molecule has 0 aliphatic heterocycles. The van der Waals surface area contributed by atoms with Gasteiger partial charge >= 0.3 is 0 Å². The van der Waals surface area contributed by atoms with Gasteiger partial charge in [0.1, 0.15) is 0 Å². The van der Waals surface area contributed by atoms with Crippen LogP contribution in [0.4, 0.5) is 5.69 Å². The minimum Gasteiger partial charge on any atom is -0.280 e. The summed E-state index contributed by atoms with van der Waals surface area (Å²) in [7, 11) is -3.56. The van der Waals surface area contributed by atoms with Gasteiger partial charge in [-0.15, -0.1) is 0 Å². The van der Waals surface area contributed by atoms with Crippen LogP contribution in [0.25, 0.3) is 0 Å². The van der Waals surface area contributed by atoms with E-state index in [1.54, 1.807) is 24.3 Å². The van der Waals surface area contributed by atoms with Crippen LogP contribution in [-0.4, -0.2) is 8.42 Å². The molecule has 4 fully saturated rings. The number of anilines is 1. The van der Waals surface area contributed by atoms with Crippen LogP contribution in [0.5, 0.6) is 0 Å². The van der Waals surface area contributed by atoms with Crippen LogP contribution < -0.4 is 4.72 Å². The molecule has 0 saturated heterocycles. The summed E-state index contributed by atoms with van der Waals surface area (Å²) in [6.07, 6.45) is 8.27. The Morgan fingerprint density at radius 2 is 1.33 bits per heavy atom. The standard InChI is InChI=1S/C22H24BrNO2S/c23-19-3-7-21(8-4-19)27(25,26)24-20-5-1-18(2-6-20)22-12-15-9-16(13-22)11-17(10-15)14-22/h1-8,15-17,24H,9-14H2. The lowest BCUT2D eigenvalue weighted by molar-refractivity contribution is -0.00518. The molecule has 0 atom stereocenters. The van der Waals surface area contributed by atoms with Gasteiger partial charge < -0.3 is 0 Å². The van der Waals surface area contributed by atoms with Crippen molar-refractivity contribution in [2.75, 3.05) is 4.72 Å². The molecule has 0 aromatic heterocycles. The van der Waals surface area contributed by atoms with Crippen LogP contribution in [0.15, 0.2) is 57.9 Å². The zero-order valence-corrected chi connectivity index (χ0v) is 17.6. The van der Waals surface area contributed by atoms with Gasteiger partial charge in [-0.3, -0.25) is 4.72 Å². The number of hydrogen-bond acceptors (Lipinski definition) is 2. The van der Waals surface area contributed by atoms with Crippen molar-refractivity contribution >= 4 is 31.6 Å². The van der Waals surface area contributed by atoms with Crippen molar-refractivity contribution < 1.29 is 8.42 Å². The number of benzene rings is 2. The van der Waals surface area contributed by atoms with Gasteiger partial charge in [0.2, 0.25) is 0 Å². The molecule has 4 bridgehead atoms. The maximum atomic E-state index is 12.6. The third-order valence-electron chi connectivity index (χ3n) is 6.91. The molecule has 0 amide bonds. The van der Waals surface area contributed by atoms with Crippen molar-refractivity contribution in [3.63, 3.8) is 0 Å². The Morgan fingerprint density at radius 3 is 1.85 bits per heavy atom. The third-order valence-corrected chi connectivity index (χ3v) is 8.84. The predicted octanol–water partition coefficient (Wildman–Crippen LogP) is 5.72. The van der Waals surface area contributed by atoms with E-state index in [1.165, 1.54) is 44.1 Å². The van der Waals surface area contributed by atoms with Crippen molar-refractivity contribution in [2.45, 2.75) is 48.8 Å². The molecule has 3 nitrogen and oxygen atoms in total. The Balaban J connectivity index is 1.37. The number of rotatable bonds is 4. The quantitative estimate of drug-likeness (QED) is 0.653. The fourth-order valence-corrected chi connectivity index (χ4v) is 7.51. The summed E-state index contributed by atoms with van der Waals surface area (Å²) in [5.74, 6) is 2.73. The van der Waals surface area contributed by atoms with Crippen LogP contribution in [0, 0.1) is 17.8 Å². The Labute approximate surface area is 169 Å². The first-order chi connectivity index (χ1) is 12.9. The van der Waals surface area contributed by atoms with E-state index in [0.29, 0.717) is 11.1 Å². The summed E-state index contributed by atoms with van der Waals surface area (Å²) < 4.78 is 28.8. The number of sulfonamides is 1. The molecule has 0 unspecified atom stereocenters. The second kappa shape index (κ2) is 6.35. The molecule has 6 rings (SSSR count). The SMILES string of the molecule is O=S(=O)(Nc1ccc(C23CC4CC(CC(C4)C2)C3)cc1)c1ccc(Br)cc1. The average Bonchev–Trinajstić information content (AvgIpc) is 2.61. The zero-order chi connectivity index (χ0) is 18.6. The van der Waals surface area contributed by atoms with Crippen LogP contribution >= 0.6 is 15.9 Å². The topological polar surface area (TPSA) is 46.2 Å². The maximum absolute atomic E-state index is 12.6. The smallest absolute Gasteiger partial charge is 0.261 e. The highest BCUT2D eigenvalue weighted by atomic mass is 79.9. The van der Waals surface area contributed by atoms with E-state index < -0.39 is 10.0 Å². The van der Waals surface area contributed by atoms with Crippen LogP contribution in [0.1, 0.15) is 44.1 Å². The first kappa shape index (κ1) is 17.7. The van der Waals surface area contributed by atoms with Gasteiger partial charge in [-0.05, 0) is 104 Å². The molecule has 142 valence electrons. The second-order valence-electron chi connectivity index (χ2n) is 8.83. The summed E-state index contributed by atoms with van der Waals surface area (Å²) in [4.78, 5) is 0.274. The van der Waals surface area contributed by atoms with E-state index in [2.05, 4.69) is 32.8 Å². The first-order valence-corrected chi connectivity index (χ1v) is 12.1. The van der Waals surface area contributed by atoms with Gasteiger partial charge in [-0.1, -0.05) is 28.1 Å². The van der Waals surface area contributed by atoms with Gasteiger partial charge in [0.25, 0.3) is 10.0 Å². The van der Waals surface area contributed by atoms with E-state index in [-0.39, 0.29) is 4.90 Å². The number of nitrogens with one attached hydrogen (secondary N) is 1. The van der Waals surface area contributed by atoms with E-state index in [1.807, 2.05) is 12.1 Å². The molecule has 4 aliphatic carbocycles. The Hall–Kier alpha value is -1.33. The normalized spacial score (nSPS) is 31.8. The van der Waals surface area contributed by atoms with Crippen LogP contribution in [0.3, 0.4) is 0 Å². The molecule has 4 aliphatic rings. The molecule has 1 N–H and O–H groups in total. The van der Waals surface area contributed by atoms with Crippen LogP contribution in [-0.2, 0) is 15.4 Å². The molecule has 2 aromatic carbocycles. The van der Waals surface area contributed by atoms with E-state index in [0.717, 1.165) is 22.2 Å². The number of hydrogen-bond donors (Lipinski definition) is 1. The summed E-state index contributed by atoms with van der Waals surface area (Å²) >= 11 is 3.34. The first-order valence-electron chi connectivity index (χ1n) is 9.81. The Morgan fingerprint density at radius 1 is 0.815 bits per heavy atom. The molecular formula is C22H24BrNO2S. The number of halogens is 1. The predicted molar refractivity (Wildman–Crippen MR) is 111 cm³/mol.